The summed E-state index contributed by atoms with van der Waals surface area (Å²) < 4.78 is 6.05. The van der Waals surface area contributed by atoms with E-state index in [1.165, 1.54) is 37.0 Å². The molecule has 3 heteroatoms. The normalized spacial score (nSPS) is 27.4. The molecule has 0 radical (unpaired) electrons. The van der Waals surface area contributed by atoms with Gasteiger partial charge in [-0.25, -0.2) is 0 Å². The number of hydrogen-bond donors (Lipinski definition) is 1. The maximum atomic E-state index is 6.05. The summed E-state index contributed by atoms with van der Waals surface area (Å²) in [6, 6.07) is 3.00. The van der Waals surface area contributed by atoms with Gasteiger partial charge in [0.15, 0.2) is 0 Å². The smallest absolute Gasteiger partial charge is 0.107 e. The van der Waals surface area contributed by atoms with E-state index in [2.05, 4.69) is 18.3 Å². The van der Waals surface area contributed by atoms with Crippen LogP contribution >= 0.6 is 11.3 Å². The van der Waals surface area contributed by atoms with Gasteiger partial charge in [0.2, 0.25) is 0 Å². The Balaban J connectivity index is 1.78. The van der Waals surface area contributed by atoms with Crippen LogP contribution < -0.4 is 5.32 Å². The molecular weight excluding hydrogens is 242 g/mol. The van der Waals surface area contributed by atoms with Crippen molar-refractivity contribution in [2.45, 2.75) is 57.6 Å². The maximum absolute atomic E-state index is 6.05. The number of rotatable bonds is 4. The van der Waals surface area contributed by atoms with E-state index in [9.17, 15) is 0 Å². The molecule has 0 saturated carbocycles. The summed E-state index contributed by atoms with van der Waals surface area (Å²) in [6.07, 6.45) is 7.86. The van der Waals surface area contributed by atoms with E-state index in [0.29, 0.717) is 12.1 Å². The number of ether oxygens (including phenoxy) is 1. The fraction of sp³-hybridized carbons (Fsp3) is 0.733. The number of hydrogen-bond acceptors (Lipinski definition) is 3. The van der Waals surface area contributed by atoms with Crippen LogP contribution in [-0.2, 0) is 17.6 Å². The number of thiophene rings is 1. The van der Waals surface area contributed by atoms with Crippen LogP contribution in [0.15, 0.2) is 6.07 Å². The summed E-state index contributed by atoms with van der Waals surface area (Å²) in [5.74, 6) is 0. The Labute approximate surface area is 114 Å². The molecule has 2 nitrogen and oxygen atoms in total. The monoisotopic (exact) mass is 265 g/mol. The second-order valence-corrected chi connectivity index (χ2v) is 6.62. The van der Waals surface area contributed by atoms with E-state index in [1.54, 1.807) is 10.4 Å². The molecule has 1 saturated heterocycles. The molecule has 1 aromatic heterocycles. The quantitative estimate of drug-likeness (QED) is 0.900. The fourth-order valence-electron chi connectivity index (χ4n) is 3.05. The third-order valence-electron chi connectivity index (χ3n) is 4.06. The second kappa shape index (κ2) is 5.72. The lowest BCUT2D eigenvalue weighted by atomic mass is 10.0. The Hall–Kier alpha value is -0.380. The van der Waals surface area contributed by atoms with Crippen molar-refractivity contribution in [3.63, 3.8) is 0 Å². The summed E-state index contributed by atoms with van der Waals surface area (Å²) in [4.78, 5) is 3.09. The van der Waals surface area contributed by atoms with Crippen molar-refractivity contribution in [2.75, 3.05) is 13.2 Å². The Morgan fingerprint density at radius 1 is 1.50 bits per heavy atom. The number of fused-ring (bicyclic) bond motifs is 1. The minimum atomic E-state index is 0.330. The lowest BCUT2D eigenvalue weighted by Gasteiger charge is -2.28. The van der Waals surface area contributed by atoms with E-state index in [0.717, 1.165) is 19.6 Å². The summed E-state index contributed by atoms with van der Waals surface area (Å²) >= 11 is 2.01. The van der Waals surface area contributed by atoms with Gasteiger partial charge in [0.25, 0.3) is 0 Å². The zero-order valence-corrected chi connectivity index (χ0v) is 12.0. The first kappa shape index (κ1) is 12.6. The minimum absolute atomic E-state index is 0.330. The predicted octanol–water partition coefficient (Wildman–Crippen LogP) is 3.46. The number of unbranched alkanes of at least 4 members (excludes halogenated alkanes) is 1. The molecule has 1 fully saturated rings. The van der Waals surface area contributed by atoms with E-state index in [4.69, 9.17) is 4.74 Å². The maximum Gasteiger partial charge on any atom is 0.107 e. The van der Waals surface area contributed by atoms with Crippen molar-refractivity contribution in [3.8, 4) is 0 Å². The highest BCUT2D eigenvalue weighted by Crippen LogP contribution is 2.38. The first-order valence-corrected chi connectivity index (χ1v) is 8.16. The van der Waals surface area contributed by atoms with Gasteiger partial charge in [0, 0.05) is 15.8 Å². The lowest BCUT2D eigenvalue weighted by molar-refractivity contribution is 0.0229. The van der Waals surface area contributed by atoms with Crippen molar-refractivity contribution < 1.29 is 4.74 Å². The number of aryl methyl sites for hydroxylation is 1. The second-order valence-electron chi connectivity index (χ2n) is 5.45. The van der Waals surface area contributed by atoms with E-state index in [-0.39, 0.29) is 0 Å². The lowest BCUT2D eigenvalue weighted by Crippen LogP contribution is -2.32. The topological polar surface area (TPSA) is 21.3 Å². The van der Waals surface area contributed by atoms with E-state index >= 15 is 0 Å². The van der Waals surface area contributed by atoms with E-state index in [1.807, 2.05) is 11.3 Å². The van der Waals surface area contributed by atoms with Gasteiger partial charge < -0.3 is 10.1 Å². The highest BCUT2D eigenvalue weighted by molar-refractivity contribution is 7.12. The van der Waals surface area contributed by atoms with Crippen molar-refractivity contribution in [1.82, 2.24) is 5.32 Å². The van der Waals surface area contributed by atoms with Crippen LogP contribution in [-0.4, -0.2) is 19.2 Å². The molecule has 0 aliphatic carbocycles. The molecule has 3 rings (SSSR count). The Morgan fingerprint density at radius 2 is 2.44 bits per heavy atom. The summed E-state index contributed by atoms with van der Waals surface area (Å²) in [5.41, 5.74) is 1.57. The van der Waals surface area contributed by atoms with Gasteiger partial charge in [-0.3, -0.25) is 0 Å². The van der Waals surface area contributed by atoms with Crippen LogP contribution in [0.4, 0.5) is 0 Å². The predicted molar refractivity (Wildman–Crippen MR) is 76.4 cm³/mol. The van der Waals surface area contributed by atoms with Gasteiger partial charge in [-0.1, -0.05) is 13.3 Å². The Bertz CT molecular complexity index is 395. The van der Waals surface area contributed by atoms with Gasteiger partial charge in [-0.05, 0) is 50.3 Å². The van der Waals surface area contributed by atoms with Gasteiger partial charge in [-0.15, -0.1) is 11.3 Å². The summed E-state index contributed by atoms with van der Waals surface area (Å²) in [5, 5.41) is 3.60. The van der Waals surface area contributed by atoms with Crippen LogP contribution in [0.2, 0.25) is 0 Å². The Morgan fingerprint density at radius 3 is 3.22 bits per heavy atom. The molecule has 0 spiro atoms. The van der Waals surface area contributed by atoms with Gasteiger partial charge in [-0.2, -0.15) is 0 Å². The molecule has 1 N–H and O–H groups in total. The molecule has 100 valence electrons. The molecule has 2 aliphatic heterocycles. The van der Waals surface area contributed by atoms with Crippen molar-refractivity contribution >= 4 is 11.3 Å². The summed E-state index contributed by atoms with van der Waals surface area (Å²) in [6.45, 7) is 4.33. The van der Waals surface area contributed by atoms with Crippen molar-refractivity contribution in [3.05, 3.63) is 21.4 Å². The average Bonchev–Trinajstić information content (AvgIpc) is 3.04. The van der Waals surface area contributed by atoms with Gasteiger partial charge >= 0.3 is 0 Å². The van der Waals surface area contributed by atoms with Crippen LogP contribution in [0.25, 0.3) is 0 Å². The molecule has 2 unspecified atom stereocenters. The van der Waals surface area contributed by atoms with Crippen LogP contribution in [0.1, 0.15) is 54.0 Å². The standard InChI is InChI=1S/C15H23NOS/c1-2-3-5-12-10-11-7-9-17-14(15(11)18-12)13-6-4-8-16-13/h10,13-14,16H,2-9H2,1H3. The summed E-state index contributed by atoms with van der Waals surface area (Å²) in [7, 11) is 0. The Kier molecular flexibility index (Phi) is 4.02. The molecule has 3 heterocycles. The molecule has 0 aromatic carbocycles. The average molecular weight is 265 g/mol. The number of nitrogens with one attached hydrogen (secondary N) is 1. The third-order valence-corrected chi connectivity index (χ3v) is 5.36. The first-order chi connectivity index (χ1) is 8.88. The van der Waals surface area contributed by atoms with Crippen molar-refractivity contribution in [2.24, 2.45) is 0 Å². The third kappa shape index (κ3) is 2.49. The molecular formula is C15H23NOS. The molecule has 2 aliphatic rings. The first-order valence-electron chi connectivity index (χ1n) is 7.35. The molecule has 18 heavy (non-hydrogen) atoms. The zero-order valence-electron chi connectivity index (χ0n) is 11.2. The SMILES string of the molecule is CCCCc1cc2c(s1)C(C1CCCN1)OCC2. The van der Waals surface area contributed by atoms with Crippen LogP contribution in [0, 0.1) is 0 Å². The largest absolute Gasteiger partial charge is 0.371 e. The zero-order chi connectivity index (χ0) is 12.4. The van der Waals surface area contributed by atoms with E-state index < -0.39 is 0 Å². The fourth-order valence-corrected chi connectivity index (χ4v) is 4.42. The van der Waals surface area contributed by atoms with Gasteiger partial charge in [0.05, 0.1) is 6.61 Å². The molecule has 2 atom stereocenters. The molecule has 0 bridgehead atoms. The van der Waals surface area contributed by atoms with Crippen LogP contribution in [0.5, 0.6) is 0 Å². The highest BCUT2D eigenvalue weighted by atomic mass is 32.1. The highest BCUT2D eigenvalue weighted by Gasteiger charge is 2.32. The molecule has 1 aromatic rings. The molecule has 0 amide bonds. The van der Waals surface area contributed by atoms with Crippen molar-refractivity contribution in [1.29, 1.82) is 0 Å². The van der Waals surface area contributed by atoms with Gasteiger partial charge in [0.1, 0.15) is 6.10 Å². The van der Waals surface area contributed by atoms with Crippen LogP contribution in [0.3, 0.4) is 0 Å². The minimum Gasteiger partial charge on any atom is -0.371 e.